The van der Waals surface area contributed by atoms with E-state index in [1.54, 1.807) is 0 Å². The van der Waals surface area contributed by atoms with Crippen LogP contribution in [0.25, 0.3) is 0 Å². The third-order valence-electron chi connectivity index (χ3n) is 11.6. The van der Waals surface area contributed by atoms with Crippen molar-refractivity contribution in [2.24, 2.45) is 0 Å². The van der Waals surface area contributed by atoms with Crippen LogP contribution in [0.3, 0.4) is 0 Å². The van der Waals surface area contributed by atoms with Crippen LogP contribution in [0.2, 0.25) is 0 Å². The van der Waals surface area contributed by atoms with Crippen molar-refractivity contribution in [2.75, 3.05) is 0 Å². The standard InChI is InChI=1S/2C18H36O2.C18H34O/c2*1-2-3-4-5-6-7-8-9-10-11-12-13-14-15-16-17-18(19)20;1-2-3-4-5-6-7-8-9-10-11-12-13-14-15-16-17-18-19/h2*2-17H2,1H3,(H,19,20);9-10,18H,2-8,11-17H2,1H3. The molecule has 0 fully saturated rings. The topological polar surface area (TPSA) is 91.7 Å². The minimum Gasteiger partial charge on any atom is -0.481 e. The predicted molar refractivity (Wildman–Crippen MR) is 260 cm³/mol. The smallest absolute Gasteiger partial charge is 0.303 e. The Morgan fingerprint density at radius 2 is 0.475 bits per heavy atom. The van der Waals surface area contributed by atoms with Crippen LogP contribution in [0, 0.1) is 0 Å². The molecule has 0 aromatic rings. The molecule has 0 amide bonds. The zero-order valence-corrected chi connectivity index (χ0v) is 40.4. The number of carbonyl (C=O) groups is 3. The van der Waals surface area contributed by atoms with Gasteiger partial charge in [0.1, 0.15) is 6.29 Å². The minimum atomic E-state index is -0.653. The van der Waals surface area contributed by atoms with Crippen LogP contribution in [-0.2, 0) is 14.4 Å². The SMILES string of the molecule is CCCCCCCCC=CCCCCCCCC=O.CCCCCCCCCCCCCCCCCC(=O)O.CCCCCCCCCCCCCCCCCC(=O)O. The monoisotopic (exact) mass is 835 g/mol. The number of carboxylic acids is 2. The third-order valence-corrected chi connectivity index (χ3v) is 11.6. The molecule has 0 spiro atoms. The number of carbonyl (C=O) groups excluding carboxylic acids is 1. The Morgan fingerprint density at radius 1 is 0.288 bits per heavy atom. The summed E-state index contributed by atoms with van der Waals surface area (Å²) in [6.45, 7) is 6.81. The van der Waals surface area contributed by atoms with Crippen LogP contribution in [0.5, 0.6) is 0 Å². The van der Waals surface area contributed by atoms with E-state index in [1.807, 2.05) is 0 Å². The van der Waals surface area contributed by atoms with Crippen molar-refractivity contribution in [3.63, 3.8) is 0 Å². The van der Waals surface area contributed by atoms with Crippen LogP contribution in [0.15, 0.2) is 12.2 Å². The van der Waals surface area contributed by atoms with Crippen molar-refractivity contribution < 1.29 is 24.6 Å². The lowest BCUT2D eigenvalue weighted by Gasteiger charge is -2.03. The second-order valence-corrected chi connectivity index (χ2v) is 17.7. The van der Waals surface area contributed by atoms with Gasteiger partial charge < -0.3 is 15.0 Å². The number of unbranched alkanes of at least 4 members (excludes halogenated alkanes) is 40. The van der Waals surface area contributed by atoms with Gasteiger partial charge in [-0.25, -0.2) is 0 Å². The number of aliphatic carboxylic acids is 2. The molecular formula is C54H106O5. The van der Waals surface area contributed by atoms with Gasteiger partial charge in [0, 0.05) is 19.3 Å². The van der Waals surface area contributed by atoms with Crippen molar-refractivity contribution in [3.8, 4) is 0 Å². The average Bonchev–Trinajstić information content (AvgIpc) is 3.22. The van der Waals surface area contributed by atoms with Crippen LogP contribution < -0.4 is 0 Å². The normalized spacial score (nSPS) is 11.0. The molecule has 0 bridgehead atoms. The fourth-order valence-electron chi connectivity index (χ4n) is 7.59. The first-order chi connectivity index (χ1) is 29.0. The summed E-state index contributed by atoms with van der Waals surface area (Å²) in [5.74, 6) is -1.31. The molecule has 0 aromatic carbocycles. The maximum Gasteiger partial charge on any atom is 0.303 e. The molecule has 5 heteroatoms. The molecule has 0 radical (unpaired) electrons. The molecule has 0 aliphatic heterocycles. The van der Waals surface area contributed by atoms with E-state index in [0.717, 1.165) is 44.8 Å². The molecule has 0 aliphatic rings. The van der Waals surface area contributed by atoms with E-state index in [0.29, 0.717) is 12.8 Å². The molecule has 59 heavy (non-hydrogen) atoms. The lowest BCUT2D eigenvalue weighted by molar-refractivity contribution is -0.138. The summed E-state index contributed by atoms with van der Waals surface area (Å²) in [5.41, 5.74) is 0. The van der Waals surface area contributed by atoms with Gasteiger partial charge in [0.25, 0.3) is 0 Å². The summed E-state index contributed by atoms with van der Waals surface area (Å²) < 4.78 is 0. The maximum atomic E-state index is 10.3. The van der Waals surface area contributed by atoms with Gasteiger partial charge in [-0.05, 0) is 44.9 Å². The van der Waals surface area contributed by atoms with Gasteiger partial charge in [0.15, 0.2) is 0 Å². The van der Waals surface area contributed by atoms with Crippen LogP contribution in [0.4, 0.5) is 0 Å². The summed E-state index contributed by atoms with van der Waals surface area (Å²) in [7, 11) is 0. The molecular weight excluding hydrogens is 729 g/mol. The zero-order valence-electron chi connectivity index (χ0n) is 40.4. The second-order valence-electron chi connectivity index (χ2n) is 17.7. The lowest BCUT2D eigenvalue weighted by atomic mass is 10.0. The first-order valence-electron chi connectivity index (χ1n) is 26.5. The summed E-state index contributed by atoms with van der Waals surface area (Å²) in [5, 5.41) is 17.0. The Hall–Kier alpha value is -1.65. The molecule has 0 atom stereocenters. The Kier molecular flexibility index (Phi) is 63.4. The first kappa shape index (κ1) is 61.6. The molecule has 0 aliphatic carbocycles. The van der Waals surface area contributed by atoms with E-state index >= 15 is 0 Å². The highest BCUT2D eigenvalue weighted by molar-refractivity contribution is 5.66. The second kappa shape index (κ2) is 60.7. The third kappa shape index (κ3) is 71.2. The number of aldehydes is 1. The number of carboxylic acid groups (broad SMARTS) is 2. The van der Waals surface area contributed by atoms with E-state index in [2.05, 4.69) is 32.9 Å². The van der Waals surface area contributed by atoms with Crippen molar-refractivity contribution in [1.82, 2.24) is 0 Å². The van der Waals surface area contributed by atoms with Crippen LogP contribution in [-0.4, -0.2) is 28.4 Å². The van der Waals surface area contributed by atoms with E-state index in [-0.39, 0.29) is 0 Å². The molecule has 0 heterocycles. The Labute approximate surface area is 369 Å². The predicted octanol–water partition coefficient (Wildman–Crippen LogP) is 18.9. The van der Waals surface area contributed by atoms with E-state index in [4.69, 9.17) is 10.2 Å². The fourth-order valence-corrected chi connectivity index (χ4v) is 7.59. The van der Waals surface area contributed by atoms with Crippen LogP contribution in [0.1, 0.15) is 316 Å². The van der Waals surface area contributed by atoms with Crippen molar-refractivity contribution in [2.45, 2.75) is 316 Å². The molecule has 0 saturated carbocycles. The molecule has 0 aromatic heterocycles. The highest BCUT2D eigenvalue weighted by Gasteiger charge is 1.99. The van der Waals surface area contributed by atoms with Gasteiger partial charge in [-0.2, -0.15) is 0 Å². The molecule has 5 nitrogen and oxygen atoms in total. The van der Waals surface area contributed by atoms with E-state index < -0.39 is 11.9 Å². The Morgan fingerprint density at radius 3 is 0.678 bits per heavy atom. The summed E-state index contributed by atoms with van der Waals surface area (Å²) in [6, 6.07) is 0. The average molecular weight is 835 g/mol. The summed E-state index contributed by atoms with van der Waals surface area (Å²) >= 11 is 0. The molecule has 0 unspecified atom stereocenters. The quantitative estimate of drug-likeness (QED) is 0.0362. The first-order valence-corrected chi connectivity index (χ1v) is 26.5. The van der Waals surface area contributed by atoms with Gasteiger partial charge in [-0.1, -0.05) is 264 Å². The highest BCUT2D eigenvalue weighted by atomic mass is 16.4. The number of hydrogen-bond donors (Lipinski definition) is 2. The fraction of sp³-hybridized carbons (Fsp3) is 0.907. The van der Waals surface area contributed by atoms with Crippen molar-refractivity contribution in [3.05, 3.63) is 12.2 Å². The molecule has 352 valence electrons. The van der Waals surface area contributed by atoms with Crippen molar-refractivity contribution in [1.29, 1.82) is 0 Å². The van der Waals surface area contributed by atoms with E-state index in [1.165, 1.54) is 244 Å². The highest BCUT2D eigenvalue weighted by Crippen LogP contribution is 2.16. The van der Waals surface area contributed by atoms with Crippen molar-refractivity contribution >= 4 is 18.2 Å². The molecule has 0 saturated heterocycles. The largest absolute Gasteiger partial charge is 0.481 e. The van der Waals surface area contributed by atoms with Gasteiger partial charge in [0.2, 0.25) is 0 Å². The van der Waals surface area contributed by atoms with Crippen LogP contribution >= 0.6 is 0 Å². The number of allylic oxidation sites excluding steroid dienone is 2. The maximum absolute atomic E-state index is 10.3. The summed E-state index contributed by atoms with van der Waals surface area (Å²) in [4.78, 5) is 30.8. The lowest BCUT2D eigenvalue weighted by Crippen LogP contribution is -1.93. The van der Waals surface area contributed by atoms with Gasteiger partial charge in [-0.3, -0.25) is 9.59 Å². The van der Waals surface area contributed by atoms with E-state index in [9.17, 15) is 14.4 Å². The van der Waals surface area contributed by atoms with Gasteiger partial charge in [0.05, 0.1) is 0 Å². The zero-order chi connectivity index (χ0) is 43.8. The Balaban J connectivity index is -0.000000798. The Bertz CT molecular complexity index is 765. The molecule has 2 N–H and O–H groups in total. The van der Waals surface area contributed by atoms with Gasteiger partial charge >= 0.3 is 11.9 Å². The molecule has 0 rings (SSSR count). The number of rotatable bonds is 47. The number of hydrogen-bond acceptors (Lipinski definition) is 3. The van der Waals surface area contributed by atoms with Gasteiger partial charge in [-0.15, -0.1) is 0 Å². The summed E-state index contributed by atoms with van der Waals surface area (Å²) in [6.07, 6.45) is 64.0. The minimum absolute atomic E-state index is 0.345.